The number of carbonyl (C=O) groups is 1. The SMILES string of the molecule is COc1ccc(CCNC(=O)C2CCCN(Cc3cccc(Br)c3)C2)cc1. The zero-order chi connectivity index (χ0) is 19.1. The normalized spacial score (nSPS) is 17.5. The van der Waals surface area contributed by atoms with E-state index in [0.717, 1.165) is 49.1 Å². The lowest BCUT2D eigenvalue weighted by Crippen LogP contribution is -2.43. The van der Waals surface area contributed by atoms with Gasteiger partial charge in [-0.25, -0.2) is 0 Å². The number of nitrogens with zero attached hydrogens (tertiary/aromatic N) is 1. The van der Waals surface area contributed by atoms with Gasteiger partial charge in [-0.1, -0.05) is 40.2 Å². The summed E-state index contributed by atoms with van der Waals surface area (Å²) in [6.07, 6.45) is 2.89. The number of piperidine rings is 1. The van der Waals surface area contributed by atoms with Gasteiger partial charge in [0.25, 0.3) is 0 Å². The van der Waals surface area contributed by atoms with Crippen molar-refractivity contribution in [3.63, 3.8) is 0 Å². The summed E-state index contributed by atoms with van der Waals surface area (Å²) in [6, 6.07) is 16.4. The smallest absolute Gasteiger partial charge is 0.224 e. The van der Waals surface area contributed by atoms with E-state index < -0.39 is 0 Å². The molecule has 1 N–H and O–H groups in total. The van der Waals surface area contributed by atoms with Gasteiger partial charge in [-0.15, -0.1) is 0 Å². The molecule has 5 heteroatoms. The number of rotatable bonds is 7. The molecule has 0 radical (unpaired) electrons. The molecule has 1 amide bonds. The second kappa shape index (κ2) is 9.90. The van der Waals surface area contributed by atoms with Crippen molar-refractivity contribution in [2.75, 3.05) is 26.7 Å². The maximum Gasteiger partial charge on any atom is 0.224 e. The molecule has 0 aliphatic carbocycles. The Morgan fingerprint density at radius 1 is 1.22 bits per heavy atom. The number of methoxy groups -OCH3 is 1. The molecule has 0 aromatic heterocycles. The van der Waals surface area contributed by atoms with Gasteiger partial charge in [0.1, 0.15) is 5.75 Å². The summed E-state index contributed by atoms with van der Waals surface area (Å²) >= 11 is 3.53. The van der Waals surface area contributed by atoms with Crippen LogP contribution < -0.4 is 10.1 Å². The van der Waals surface area contributed by atoms with E-state index in [0.29, 0.717) is 6.54 Å². The third kappa shape index (κ3) is 6.08. The maximum atomic E-state index is 12.6. The molecule has 1 heterocycles. The van der Waals surface area contributed by atoms with Gasteiger partial charge in [-0.05, 0) is 61.2 Å². The second-order valence-electron chi connectivity index (χ2n) is 7.09. The quantitative estimate of drug-likeness (QED) is 0.720. The molecule has 1 aliphatic heterocycles. The van der Waals surface area contributed by atoms with E-state index in [1.165, 1.54) is 11.1 Å². The summed E-state index contributed by atoms with van der Waals surface area (Å²) in [5, 5.41) is 3.12. The largest absolute Gasteiger partial charge is 0.497 e. The van der Waals surface area contributed by atoms with Crippen LogP contribution in [0, 0.1) is 5.92 Å². The number of amides is 1. The summed E-state index contributed by atoms with van der Waals surface area (Å²) in [6.45, 7) is 3.46. The average molecular weight is 431 g/mol. The third-order valence-corrected chi connectivity index (χ3v) is 5.54. The fourth-order valence-electron chi connectivity index (χ4n) is 3.57. The molecule has 1 atom stereocenters. The lowest BCUT2D eigenvalue weighted by atomic mass is 9.96. The third-order valence-electron chi connectivity index (χ3n) is 5.04. The van der Waals surface area contributed by atoms with Gasteiger partial charge < -0.3 is 10.1 Å². The van der Waals surface area contributed by atoms with E-state index in [1.807, 2.05) is 30.3 Å². The van der Waals surface area contributed by atoms with E-state index >= 15 is 0 Å². The van der Waals surface area contributed by atoms with E-state index in [9.17, 15) is 4.79 Å². The molecule has 27 heavy (non-hydrogen) atoms. The molecular formula is C22H27BrN2O2. The average Bonchev–Trinajstić information content (AvgIpc) is 2.69. The summed E-state index contributed by atoms with van der Waals surface area (Å²) in [5.41, 5.74) is 2.49. The Hall–Kier alpha value is -1.85. The topological polar surface area (TPSA) is 41.6 Å². The van der Waals surface area contributed by atoms with Crippen LogP contribution in [0.15, 0.2) is 53.0 Å². The lowest BCUT2D eigenvalue weighted by molar-refractivity contribution is -0.126. The fraction of sp³-hybridized carbons (Fsp3) is 0.409. The van der Waals surface area contributed by atoms with Gasteiger partial charge in [0.05, 0.1) is 13.0 Å². The molecule has 1 fully saturated rings. The van der Waals surface area contributed by atoms with Gasteiger partial charge in [-0.2, -0.15) is 0 Å². The molecule has 2 aromatic carbocycles. The van der Waals surface area contributed by atoms with E-state index in [4.69, 9.17) is 4.74 Å². The highest BCUT2D eigenvalue weighted by atomic mass is 79.9. The number of carbonyl (C=O) groups excluding carboxylic acids is 1. The summed E-state index contributed by atoms with van der Waals surface area (Å²) in [4.78, 5) is 15.0. The van der Waals surface area contributed by atoms with E-state index in [1.54, 1.807) is 7.11 Å². The van der Waals surface area contributed by atoms with Crippen LogP contribution in [0.3, 0.4) is 0 Å². The van der Waals surface area contributed by atoms with Crippen LogP contribution in [0.1, 0.15) is 24.0 Å². The van der Waals surface area contributed by atoms with Crippen LogP contribution in [-0.4, -0.2) is 37.6 Å². The number of hydrogen-bond acceptors (Lipinski definition) is 3. The van der Waals surface area contributed by atoms with Gasteiger partial charge >= 0.3 is 0 Å². The van der Waals surface area contributed by atoms with E-state index in [2.05, 4.69) is 44.3 Å². The van der Waals surface area contributed by atoms with Crippen LogP contribution in [-0.2, 0) is 17.8 Å². The van der Waals surface area contributed by atoms with Crippen LogP contribution in [0.2, 0.25) is 0 Å². The first kappa shape index (κ1) is 19.9. The molecule has 1 unspecified atom stereocenters. The molecule has 4 nitrogen and oxygen atoms in total. The number of likely N-dealkylation sites (tertiary alicyclic amines) is 1. The molecule has 0 saturated carbocycles. The maximum absolute atomic E-state index is 12.6. The van der Waals surface area contributed by atoms with Crippen molar-refractivity contribution in [1.29, 1.82) is 0 Å². The minimum Gasteiger partial charge on any atom is -0.497 e. The van der Waals surface area contributed by atoms with Gasteiger partial charge in [0.2, 0.25) is 5.91 Å². The Kier molecular flexibility index (Phi) is 7.30. The highest BCUT2D eigenvalue weighted by Gasteiger charge is 2.25. The number of ether oxygens (including phenoxy) is 1. The van der Waals surface area contributed by atoms with Gasteiger partial charge in [0.15, 0.2) is 0 Å². The second-order valence-corrected chi connectivity index (χ2v) is 8.01. The predicted octanol–water partition coefficient (Wildman–Crippen LogP) is 4.03. The first-order chi connectivity index (χ1) is 13.1. The molecule has 1 aliphatic rings. The standard InChI is InChI=1S/C22H27BrN2O2/c1-27-21-9-7-17(8-10-21)11-12-24-22(26)19-5-3-13-25(16-19)15-18-4-2-6-20(23)14-18/h2,4,6-10,14,19H,3,5,11-13,15-16H2,1H3,(H,24,26). The zero-order valence-electron chi connectivity index (χ0n) is 15.8. The molecule has 1 saturated heterocycles. The Morgan fingerprint density at radius 2 is 2.04 bits per heavy atom. The van der Waals surface area contributed by atoms with Gasteiger partial charge in [-0.3, -0.25) is 9.69 Å². The summed E-state index contributed by atoms with van der Waals surface area (Å²) < 4.78 is 6.28. The number of nitrogens with one attached hydrogen (secondary N) is 1. The Balaban J connectivity index is 1.44. The molecule has 0 bridgehead atoms. The lowest BCUT2D eigenvalue weighted by Gasteiger charge is -2.32. The highest BCUT2D eigenvalue weighted by molar-refractivity contribution is 9.10. The van der Waals surface area contributed by atoms with Crippen molar-refractivity contribution in [3.8, 4) is 5.75 Å². The number of benzene rings is 2. The first-order valence-corrected chi connectivity index (χ1v) is 10.3. The first-order valence-electron chi connectivity index (χ1n) is 9.51. The van der Waals surface area contributed by atoms with E-state index in [-0.39, 0.29) is 11.8 Å². The molecule has 0 spiro atoms. The van der Waals surface area contributed by atoms with Crippen molar-refractivity contribution < 1.29 is 9.53 Å². The molecule has 3 rings (SSSR count). The Bertz CT molecular complexity index is 748. The van der Waals surface area contributed by atoms with Crippen molar-refractivity contribution in [2.45, 2.75) is 25.8 Å². The van der Waals surface area contributed by atoms with Crippen LogP contribution in [0.5, 0.6) is 5.75 Å². The van der Waals surface area contributed by atoms with Crippen LogP contribution in [0.25, 0.3) is 0 Å². The van der Waals surface area contributed by atoms with Crippen LogP contribution in [0.4, 0.5) is 0 Å². The fourth-order valence-corrected chi connectivity index (χ4v) is 4.02. The van der Waals surface area contributed by atoms with Crippen molar-refractivity contribution in [2.24, 2.45) is 5.92 Å². The number of halogens is 1. The van der Waals surface area contributed by atoms with Crippen molar-refractivity contribution >= 4 is 21.8 Å². The van der Waals surface area contributed by atoms with Crippen LogP contribution >= 0.6 is 15.9 Å². The summed E-state index contributed by atoms with van der Waals surface area (Å²) in [7, 11) is 1.67. The Morgan fingerprint density at radius 3 is 2.78 bits per heavy atom. The van der Waals surface area contributed by atoms with Crippen molar-refractivity contribution in [1.82, 2.24) is 10.2 Å². The molecule has 2 aromatic rings. The molecular weight excluding hydrogens is 404 g/mol. The number of hydrogen-bond donors (Lipinski definition) is 1. The Labute approximate surface area is 170 Å². The summed E-state index contributed by atoms with van der Waals surface area (Å²) in [5.74, 6) is 1.12. The predicted molar refractivity (Wildman–Crippen MR) is 112 cm³/mol. The minimum absolute atomic E-state index is 0.0850. The highest BCUT2D eigenvalue weighted by Crippen LogP contribution is 2.20. The molecule has 144 valence electrons. The zero-order valence-corrected chi connectivity index (χ0v) is 17.4. The minimum atomic E-state index is 0.0850. The van der Waals surface area contributed by atoms with Crippen molar-refractivity contribution in [3.05, 3.63) is 64.1 Å². The monoisotopic (exact) mass is 430 g/mol. The van der Waals surface area contributed by atoms with Gasteiger partial charge in [0, 0.05) is 24.1 Å².